The van der Waals surface area contributed by atoms with Gasteiger partial charge >= 0.3 is 5.69 Å². The largest absolute Gasteiger partial charge is 0.450 e. The number of halogens is 1. The predicted molar refractivity (Wildman–Crippen MR) is 82.7 cm³/mol. The molecule has 1 unspecified atom stereocenters. The van der Waals surface area contributed by atoms with Crippen molar-refractivity contribution in [2.45, 2.75) is 20.0 Å². The summed E-state index contributed by atoms with van der Waals surface area (Å²) in [6, 6.07) is 9.89. The van der Waals surface area contributed by atoms with Crippen LogP contribution in [0.4, 0.5) is 5.69 Å². The average Bonchev–Trinajstić information content (AvgIpc) is 2.42. The summed E-state index contributed by atoms with van der Waals surface area (Å²) in [4.78, 5) is 10.6. The lowest BCUT2D eigenvalue weighted by atomic mass is 10.1. The molecule has 2 rings (SSSR count). The zero-order valence-electron chi connectivity index (χ0n) is 11.5. The minimum Gasteiger partial charge on any atom is -0.450 e. The van der Waals surface area contributed by atoms with Gasteiger partial charge in [-0.1, -0.05) is 22.0 Å². The van der Waals surface area contributed by atoms with Gasteiger partial charge < -0.3 is 9.84 Å². The number of hydrogen-bond acceptors (Lipinski definition) is 4. The van der Waals surface area contributed by atoms with E-state index in [1.165, 1.54) is 6.07 Å². The van der Waals surface area contributed by atoms with Gasteiger partial charge in [-0.15, -0.1) is 0 Å². The fourth-order valence-corrected chi connectivity index (χ4v) is 2.29. The first-order valence-corrected chi connectivity index (χ1v) is 7.08. The van der Waals surface area contributed by atoms with Crippen molar-refractivity contribution in [3.05, 3.63) is 62.1 Å². The maximum atomic E-state index is 11.1. The van der Waals surface area contributed by atoms with Gasteiger partial charge in [-0.25, -0.2) is 0 Å². The molecule has 0 spiro atoms. The Morgan fingerprint density at radius 1 is 1.24 bits per heavy atom. The number of aryl methyl sites for hydroxylation is 1. The predicted octanol–water partition coefficient (Wildman–Crippen LogP) is 4.51. The Hall–Kier alpha value is -1.92. The van der Waals surface area contributed by atoms with E-state index in [9.17, 15) is 15.2 Å². The van der Waals surface area contributed by atoms with Gasteiger partial charge in [0, 0.05) is 16.1 Å². The Bertz CT molecular complexity index is 685. The second-order valence-corrected chi connectivity index (χ2v) is 5.60. The summed E-state index contributed by atoms with van der Waals surface area (Å²) < 4.78 is 6.45. The summed E-state index contributed by atoms with van der Waals surface area (Å²) in [6.45, 7) is 3.38. The van der Waals surface area contributed by atoms with Crippen molar-refractivity contribution >= 4 is 21.6 Å². The molecule has 2 aromatic rings. The third-order valence-corrected chi connectivity index (χ3v) is 3.45. The quantitative estimate of drug-likeness (QED) is 0.649. The maximum Gasteiger partial charge on any atom is 0.311 e. The molecule has 0 saturated carbocycles. The van der Waals surface area contributed by atoms with E-state index in [0.717, 1.165) is 10.0 Å². The van der Waals surface area contributed by atoms with Crippen LogP contribution in [0.5, 0.6) is 11.5 Å². The first-order valence-electron chi connectivity index (χ1n) is 6.29. The molecule has 21 heavy (non-hydrogen) atoms. The fraction of sp³-hybridized carbons (Fsp3) is 0.200. The highest BCUT2D eigenvalue weighted by Crippen LogP contribution is 2.36. The number of rotatable bonds is 4. The molecule has 0 radical (unpaired) electrons. The number of aliphatic hydroxyl groups is 1. The van der Waals surface area contributed by atoms with Crippen LogP contribution in [0.3, 0.4) is 0 Å². The molecule has 2 aromatic carbocycles. The van der Waals surface area contributed by atoms with Crippen LogP contribution >= 0.6 is 15.9 Å². The number of hydrogen-bond donors (Lipinski definition) is 1. The number of aliphatic hydroxyl groups excluding tert-OH is 1. The van der Waals surface area contributed by atoms with Crippen LogP contribution in [0.1, 0.15) is 24.2 Å². The van der Waals surface area contributed by atoms with E-state index in [2.05, 4.69) is 15.9 Å². The Morgan fingerprint density at radius 3 is 2.52 bits per heavy atom. The van der Waals surface area contributed by atoms with Gasteiger partial charge in [0.15, 0.2) is 0 Å². The minimum atomic E-state index is -0.748. The van der Waals surface area contributed by atoms with E-state index in [1.807, 2.05) is 0 Å². The Kier molecular flexibility index (Phi) is 4.59. The summed E-state index contributed by atoms with van der Waals surface area (Å²) in [6.07, 6.45) is -0.748. The van der Waals surface area contributed by atoms with E-state index >= 15 is 0 Å². The molecule has 0 bridgehead atoms. The molecule has 0 aromatic heterocycles. The van der Waals surface area contributed by atoms with Crippen molar-refractivity contribution in [2.75, 3.05) is 0 Å². The number of nitro benzene ring substituents is 1. The third kappa shape index (κ3) is 3.59. The first kappa shape index (κ1) is 15.5. The number of nitrogens with zero attached hydrogens (tertiary/aromatic N) is 1. The van der Waals surface area contributed by atoms with Crippen LogP contribution in [0.25, 0.3) is 0 Å². The lowest BCUT2D eigenvalue weighted by molar-refractivity contribution is -0.385. The van der Waals surface area contributed by atoms with Gasteiger partial charge in [0.2, 0.25) is 5.75 Å². The highest BCUT2D eigenvalue weighted by atomic mass is 79.9. The summed E-state index contributed by atoms with van der Waals surface area (Å²) in [5.74, 6) is 0.537. The van der Waals surface area contributed by atoms with E-state index in [-0.39, 0.29) is 11.4 Å². The second kappa shape index (κ2) is 6.24. The summed E-state index contributed by atoms with van der Waals surface area (Å²) in [5, 5.41) is 20.9. The fourth-order valence-electron chi connectivity index (χ4n) is 1.91. The number of benzene rings is 2. The van der Waals surface area contributed by atoms with Crippen LogP contribution < -0.4 is 4.74 Å². The van der Waals surface area contributed by atoms with Crippen molar-refractivity contribution < 1.29 is 14.8 Å². The van der Waals surface area contributed by atoms with Crippen LogP contribution in [0.15, 0.2) is 40.9 Å². The number of nitro groups is 1. The lowest BCUT2D eigenvalue weighted by Gasteiger charge is -2.14. The Labute approximate surface area is 130 Å². The zero-order valence-corrected chi connectivity index (χ0v) is 13.1. The number of ether oxygens (including phenoxy) is 1. The molecule has 5 nitrogen and oxygen atoms in total. The Balaban J connectivity index is 2.46. The minimum absolute atomic E-state index is 0.102. The van der Waals surface area contributed by atoms with Crippen molar-refractivity contribution in [1.29, 1.82) is 0 Å². The summed E-state index contributed by atoms with van der Waals surface area (Å²) in [5.41, 5.74) is 1.23. The van der Waals surface area contributed by atoms with Gasteiger partial charge in [-0.2, -0.15) is 0 Å². The summed E-state index contributed by atoms with van der Waals surface area (Å²) in [7, 11) is 0. The zero-order chi connectivity index (χ0) is 15.6. The van der Waals surface area contributed by atoms with Gasteiger partial charge in [0.05, 0.1) is 11.0 Å². The molecule has 1 atom stereocenters. The second-order valence-electron chi connectivity index (χ2n) is 4.69. The molecule has 6 heteroatoms. The molecular weight excluding hydrogens is 338 g/mol. The van der Waals surface area contributed by atoms with Crippen molar-refractivity contribution in [2.24, 2.45) is 0 Å². The Morgan fingerprint density at radius 2 is 1.90 bits per heavy atom. The topological polar surface area (TPSA) is 72.6 Å². The highest BCUT2D eigenvalue weighted by Gasteiger charge is 2.18. The van der Waals surface area contributed by atoms with Gasteiger partial charge in [0.25, 0.3) is 0 Å². The van der Waals surface area contributed by atoms with Crippen LogP contribution in [0.2, 0.25) is 0 Å². The van der Waals surface area contributed by atoms with Crippen molar-refractivity contribution in [3.63, 3.8) is 0 Å². The molecule has 0 saturated heterocycles. The molecule has 0 aliphatic heterocycles. The SMILES string of the molecule is Cc1ccc(Oc2ccc(Br)cc2C(C)O)c([N+](=O)[O-])c1. The van der Waals surface area contributed by atoms with E-state index < -0.39 is 11.0 Å². The van der Waals surface area contributed by atoms with Crippen molar-refractivity contribution in [3.8, 4) is 11.5 Å². The highest BCUT2D eigenvalue weighted by molar-refractivity contribution is 9.10. The van der Waals surface area contributed by atoms with Crippen LogP contribution in [-0.2, 0) is 0 Å². The molecule has 1 N–H and O–H groups in total. The maximum absolute atomic E-state index is 11.1. The monoisotopic (exact) mass is 351 g/mol. The average molecular weight is 352 g/mol. The molecule has 0 aliphatic carbocycles. The molecule has 110 valence electrons. The lowest BCUT2D eigenvalue weighted by Crippen LogP contribution is -1.99. The normalized spacial score (nSPS) is 12.0. The molecule has 0 aliphatic rings. The van der Waals surface area contributed by atoms with Gasteiger partial charge in [0.1, 0.15) is 5.75 Å². The molecule has 0 amide bonds. The molecule has 0 heterocycles. The van der Waals surface area contributed by atoms with E-state index in [0.29, 0.717) is 11.3 Å². The van der Waals surface area contributed by atoms with Crippen molar-refractivity contribution in [1.82, 2.24) is 0 Å². The molecule has 0 fully saturated rings. The van der Waals surface area contributed by atoms with Gasteiger partial charge in [-0.05, 0) is 43.7 Å². The third-order valence-electron chi connectivity index (χ3n) is 2.95. The van der Waals surface area contributed by atoms with Gasteiger partial charge in [-0.3, -0.25) is 10.1 Å². The van der Waals surface area contributed by atoms with Crippen LogP contribution in [-0.4, -0.2) is 10.0 Å². The molecular formula is C15H14BrNO4. The first-order chi connectivity index (χ1) is 9.88. The smallest absolute Gasteiger partial charge is 0.311 e. The standard InChI is InChI=1S/C15H14BrNO4/c1-9-3-5-15(13(7-9)17(19)20)21-14-6-4-11(16)8-12(14)10(2)18/h3-8,10,18H,1-2H3. The van der Waals surface area contributed by atoms with E-state index in [1.54, 1.807) is 44.2 Å². The van der Waals surface area contributed by atoms with E-state index in [4.69, 9.17) is 4.74 Å². The summed E-state index contributed by atoms with van der Waals surface area (Å²) >= 11 is 3.32. The van der Waals surface area contributed by atoms with Crippen LogP contribution in [0, 0.1) is 17.0 Å².